The molecule has 3 aliphatic rings. The molecule has 2 saturated heterocycles. The minimum absolute atomic E-state index is 0.138. The maximum atomic E-state index is 11.4. The molecule has 0 radical (unpaired) electrons. The molecule has 2 bridgehead atoms. The largest absolute Gasteiger partial charge is 0.453 e. The summed E-state index contributed by atoms with van der Waals surface area (Å²) in [5.41, 5.74) is 0. The van der Waals surface area contributed by atoms with Crippen LogP contribution in [0.2, 0.25) is 0 Å². The highest BCUT2D eigenvalue weighted by molar-refractivity contribution is 5.68. The van der Waals surface area contributed by atoms with Crippen LogP contribution in [0.4, 0.5) is 4.79 Å². The molecule has 3 fully saturated rings. The van der Waals surface area contributed by atoms with Gasteiger partial charge in [-0.05, 0) is 31.1 Å². The number of hydrogen-bond acceptors (Lipinski definition) is 2. The Morgan fingerprint density at radius 3 is 2.77 bits per heavy atom. The Morgan fingerprint density at radius 1 is 1.46 bits per heavy atom. The van der Waals surface area contributed by atoms with Crippen LogP contribution in [0.3, 0.4) is 0 Å². The molecule has 0 aromatic carbocycles. The van der Waals surface area contributed by atoms with Gasteiger partial charge in [0, 0.05) is 12.6 Å². The van der Waals surface area contributed by atoms with E-state index in [4.69, 9.17) is 4.74 Å². The van der Waals surface area contributed by atoms with Crippen molar-refractivity contribution in [3.05, 3.63) is 0 Å². The summed E-state index contributed by atoms with van der Waals surface area (Å²) in [6.07, 6.45) is 3.61. The van der Waals surface area contributed by atoms with Gasteiger partial charge in [0.1, 0.15) is 0 Å². The molecule has 0 spiro atoms. The summed E-state index contributed by atoms with van der Waals surface area (Å²) < 4.78 is 4.78. The average molecular weight is 183 g/mol. The molecule has 3 unspecified atom stereocenters. The number of methoxy groups -OCH3 is 1. The number of carbonyl (C=O) groups excluding carboxylic acids is 1. The molecule has 0 aromatic rings. The Morgan fingerprint density at radius 2 is 2.23 bits per heavy atom. The molecule has 3 rings (SSSR count). The predicted molar refractivity (Wildman–Crippen MR) is 49.4 cm³/mol. The van der Waals surface area contributed by atoms with Crippen molar-refractivity contribution >= 4 is 6.09 Å². The van der Waals surface area contributed by atoms with Crippen LogP contribution in [-0.2, 0) is 4.74 Å². The van der Waals surface area contributed by atoms with Gasteiger partial charge in [0.25, 0.3) is 0 Å². The van der Waals surface area contributed by atoms with Gasteiger partial charge >= 0.3 is 6.09 Å². The molecule has 0 N–H and O–H groups in total. The fraction of sp³-hybridized carbons (Fsp3) is 0.900. The first kappa shape index (κ1) is 8.85. The van der Waals surface area contributed by atoms with Crippen molar-refractivity contribution in [3.8, 4) is 0 Å². The summed E-state index contributed by atoms with van der Waals surface area (Å²) >= 11 is 0. The fourth-order valence-electron chi connectivity index (χ4n) is 2.86. The molecule has 2 aliphatic heterocycles. The lowest BCUT2D eigenvalue weighted by atomic mass is 9.74. The molecule has 13 heavy (non-hydrogen) atoms. The third kappa shape index (κ3) is 1.40. The van der Waals surface area contributed by atoms with Crippen molar-refractivity contribution in [2.45, 2.75) is 32.2 Å². The number of amides is 1. The van der Waals surface area contributed by atoms with Crippen LogP contribution < -0.4 is 0 Å². The Bertz CT molecular complexity index is 217. The lowest BCUT2D eigenvalue weighted by Crippen LogP contribution is -2.54. The number of carbonyl (C=O) groups is 1. The monoisotopic (exact) mass is 183 g/mol. The number of rotatable bonds is 0. The molecule has 3 atom stereocenters. The van der Waals surface area contributed by atoms with E-state index in [0.717, 1.165) is 12.5 Å². The summed E-state index contributed by atoms with van der Waals surface area (Å²) in [4.78, 5) is 13.3. The first-order valence-corrected chi connectivity index (χ1v) is 5.07. The lowest BCUT2D eigenvalue weighted by molar-refractivity contribution is 0.00928. The Balaban J connectivity index is 2.10. The van der Waals surface area contributed by atoms with Crippen LogP contribution in [0, 0.1) is 11.8 Å². The van der Waals surface area contributed by atoms with Gasteiger partial charge in [-0.15, -0.1) is 0 Å². The van der Waals surface area contributed by atoms with E-state index in [9.17, 15) is 4.79 Å². The molecular weight excluding hydrogens is 166 g/mol. The highest BCUT2D eigenvalue weighted by Gasteiger charge is 2.41. The molecular formula is C10H17NO2. The summed E-state index contributed by atoms with van der Waals surface area (Å²) in [6, 6.07) is 0.442. The van der Waals surface area contributed by atoms with Gasteiger partial charge in [0.2, 0.25) is 0 Å². The quantitative estimate of drug-likeness (QED) is 0.574. The highest BCUT2D eigenvalue weighted by Crippen LogP contribution is 2.38. The van der Waals surface area contributed by atoms with Crippen LogP contribution in [0.5, 0.6) is 0 Å². The van der Waals surface area contributed by atoms with E-state index in [1.165, 1.54) is 26.4 Å². The number of piperidine rings is 2. The zero-order valence-electron chi connectivity index (χ0n) is 8.32. The standard InChI is InChI=1S/C10H17NO2/c1-7-5-8-3-4-9(7)11(6-8)10(12)13-2/h7-9H,3-6H2,1-2H3. The van der Waals surface area contributed by atoms with Gasteiger partial charge in [0.05, 0.1) is 7.11 Å². The second-order valence-corrected chi connectivity index (χ2v) is 4.35. The zero-order valence-corrected chi connectivity index (χ0v) is 8.32. The Labute approximate surface area is 79.0 Å². The highest BCUT2D eigenvalue weighted by atomic mass is 16.5. The molecule has 1 saturated carbocycles. The first-order valence-electron chi connectivity index (χ1n) is 5.07. The predicted octanol–water partition coefficient (Wildman–Crippen LogP) is 1.87. The van der Waals surface area contributed by atoms with Gasteiger partial charge in [-0.25, -0.2) is 4.79 Å². The van der Waals surface area contributed by atoms with Crippen molar-refractivity contribution in [2.75, 3.05) is 13.7 Å². The second kappa shape index (κ2) is 3.20. The van der Waals surface area contributed by atoms with Crippen molar-refractivity contribution in [2.24, 2.45) is 11.8 Å². The number of fused-ring (bicyclic) bond motifs is 3. The van der Waals surface area contributed by atoms with E-state index >= 15 is 0 Å². The van der Waals surface area contributed by atoms with Crippen molar-refractivity contribution < 1.29 is 9.53 Å². The summed E-state index contributed by atoms with van der Waals surface area (Å²) in [5, 5.41) is 0. The lowest BCUT2D eigenvalue weighted by Gasteiger charge is -2.48. The minimum Gasteiger partial charge on any atom is -0.453 e. The van der Waals surface area contributed by atoms with Crippen LogP contribution in [0.1, 0.15) is 26.2 Å². The Hall–Kier alpha value is -0.730. The molecule has 0 aromatic heterocycles. The van der Waals surface area contributed by atoms with E-state index in [1.807, 2.05) is 4.90 Å². The van der Waals surface area contributed by atoms with Crippen LogP contribution in [0.15, 0.2) is 0 Å². The van der Waals surface area contributed by atoms with Crippen molar-refractivity contribution in [1.82, 2.24) is 4.90 Å². The van der Waals surface area contributed by atoms with E-state index in [0.29, 0.717) is 12.0 Å². The molecule has 74 valence electrons. The summed E-state index contributed by atoms with van der Waals surface area (Å²) in [6.45, 7) is 3.16. The molecule has 3 heteroatoms. The van der Waals surface area contributed by atoms with E-state index in [-0.39, 0.29) is 6.09 Å². The first-order chi connectivity index (χ1) is 6.22. The third-order valence-corrected chi connectivity index (χ3v) is 3.50. The molecule has 1 aliphatic carbocycles. The second-order valence-electron chi connectivity index (χ2n) is 4.35. The van der Waals surface area contributed by atoms with Gasteiger partial charge in [-0.1, -0.05) is 6.92 Å². The average Bonchev–Trinajstić information content (AvgIpc) is 2.17. The normalized spacial score (nSPS) is 37.7. The van der Waals surface area contributed by atoms with Crippen LogP contribution in [0.25, 0.3) is 0 Å². The van der Waals surface area contributed by atoms with Gasteiger partial charge in [-0.3, -0.25) is 0 Å². The number of hydrogen-bond donors (Lipinski definition) is 0. The maximum Gasteiger partial charge on any atom is 0.409 e. The third-order valence-electron chi connectivity index (χ3n) is 3.50. The fourth-order valence-corrected chi connectivity index (χ4v) is 2.86. The van der Waals surface area contributed by atoms with Crippen molar-refractivity contribution in [1.29, 1.82) is 0 Å². The van der Waals surface area contributed by atoms with Gasteiger partial charge in [-0.2, -0.15) is 0 Å². The molecule has 3 nitrogen and oxygen atoms in total. The molecule has 1 amide bonds. The zero-order chi connectivity index (χ0) is 9.42. The summed E-state index contributed by atoms with van der Waals surface area (Å²) in [5.74, 6) is 1.38. The van der Waals surface area contributed by atoms with E-state index < -0.39 is 0 Å². The van der Waals surface area contributed by atoms with E-state index in [1.54, 1.807) is 0 Å². The smallest absolute Gasteiger partial charge is 0.409 e. The van der Waals surface area contributed by atoms with Gasteiger partial charge in [0.15, 0.2) is 0 Å². The summed E-state index contributed by atoms with van der Waals surface area (Å²) in [7, 11) is 1.47. The van der Waals surface area contributed by atoms with E-state index in [2.05, 4.69) is 6.92 Å². The SMILES string of the molecule is COC(=O)N1CC2CCC1C(C)C2. The Kier molecular flexibility index (Phi) is 2.18. The van der Waals surface area contributed by atoms with Crippen LogP contribution in [-0.4, -0.2) is 30.7 Å². The number of ether oxygens (including phenoxy) is 1. The topological polar surface area (TPSA) is 29.5 Å². The molecule has 2 heterocycles. The van der Waals surface area contributed by atoms with Gasteiger partial charge < -0.3 is 9.64 Å². The maximum absolute atomic E-state index is 11.4. The van der Waals surface area contributed by atoms with Crippen LogP contribution >= 0.6 is 0 Å². The number of nitrogens with zero attached hydrogens (tertiary/aromatic N) is 1. The van der Waals surface area contributed by atoms with Crippen molar-refractivity contribution in [3.63, 3.8) is 0 Å². The minimum atomic E-state index is -0.138.